The summed E-state index contributed by atoms with van der Waals surface area (Å²) in [5.41, 5.74) is 9.06. The number of nitrogens with two attached hydrogens (primary N) is 1. The molecule has 0 radical (unpaired) electrons. The molecule has 1 aromatic rings. The van der Waals surface area contributed by atoms with E-state index in [0.29, 0.717) is 12.1 Å². The van der Waals surface area contributed by atoms with Crippen LogP contribution in [0.15, 0.2) is 24.3 Å². The van der Waals surface area contributed by atoms with Crippen molar-refractivity contribution in [2.24, 2.45) is 5.73 Å². The first-order valence-electron chi connectivity index (χ1n) is 7.01. The van der Waals surface area contributed by atoms with Crippen LogP contribution in [0, 0.1) is 0 Å². The van der Waals surface area contributed by atoms with E-state index < -0.39 is 0 Å². The van der Waals surface area contributed by atoms with Crippen LogP contribution in [0.3, 0.4) is 0 Å². The molecule has 3 heteroatoms. The van der Waals surface area contributed by atoms with Gasteiger partial charge in [0.1, 0.15) is 0 Å². The molecule has 2 aliphatic rings. The first kappa shape index (κ1) is 12.2. The van der Waals surface area contributed by atoms with Crippen LogP contribution in [-0.4, -0.2) is 49.1 Å². The van der Waals surface area contributed by atoms with Crippen molar-refractivity contribution in [3.63, 3.8) is 0 Å². The molecule has 0 spiro atoms. The zero-order valence-electron chi connectivity index (χ0n) is 11.2. The van der Waals surface area contributed by atoms with Gasteiger partial charge in [0.25, 0.3) is 0 Å². The quantitative estimate of drug-likeness (QED) is 0.851. The van der Waals surface area contributed by atoms with Gasteiger partial charge in [-0.1, -0.05) is 24.3 Å². The maximum absolute atomic E-state index is 5.98. The van der Waals surface area contributed by atoms with Crippen molar-refractivity contribution in [1.29, 1.82) is 0 Å². The van der Waals surface area contributed by atoms with Gasteiger partial charge in [0.05, 0.1) is 0 Å². The molecule has 0 aromatic heterocycles. The molecule has 1 heterocycles. The molecule has 1 aliphatic carbocycles. The summed E-state index contributed by atoms with van der Waals surface area (Å²) in [4.78, 5) is 5.04. The Morgan fingerprint density at radius 3 is 2.94 bits per heavy atom. The number of hydrogen-bond donors (Lipinski definition) is 1. The van der Waals surface area contributed by atoms with Crippen LogP contribution >= 0.6 is 0 Å². The minimum atomic E-state index is 0.514. The van der Waals surface area contributed by atoms with Crippen LogP contribution < -0.4 is 5.73 Å². The Labute approximate surface area is 110 Å². The topological polar surface area (TPSA) is 32.5 Å². The average molecular weight is 245 g/mol. The van der Waals surface area contributed by atoms with Gasteiger partial charge >= 0.3 is 0 Å². The van der Waals surface area contributed by atoms with Crippen molar-refractivity contribution >= 4 is 0 Å². The molecular formula is C15H23N3. The summed E-state index contributed by atoms with van der Waals surface area (Å²) >= 11 is 0. The maximum atomic E-state index is 5.98. The number of nitrogens with zero attached hydrogens (tertiary/aromatic N) is 2. The highest BCUT2D eigenvalue weighted by atomic mass is 15.3. The van der Waals surface area contributed by atoms with Crippen LogP contribution in [0.25, 0.3) is 0 Å². The largest absolute Gasteiger partial charge is 0.329 e. The molecule has 3 nitrogen and oxygen atoms in total. The predicted octanol–water partition coefficient (Wildman–Crippen LogP) is 1.25. The highest BCUT2D eigenvalue weighted by molar-refractivity contribution is 5.34. The summed E-state index contributed by atoms with van der Waals surface area (Å²) in [5.74, 6) is 0. The molecule has 1 aliphatic heterocycles. The second kappa shape index (κ2) is 5.00. The van der Waals surface area contributed by atoms with Crippen LogP contribution in [-0.2, 0) is 6.42 Å². The molecular weight excluding hydrogens is 222 g/mol. The fraction of sp³-hybridized carbons (Fsp3) is 0.600. The fourth-order valence-corrected chi connectivity index (χ4v) is 3.52. The van der Waals surface area contributed by atoms with Crippen molar-refractivity contribution in [3.8, 4) is 0 Å². The number of aryl methyl sites for hydroxylation is 1. The first-order chi connectivity index (χ1) is 8.79. The van der Waals surface area contributed by atoms with Gasteiger partial charge in [-0.05, 0) is 31.0 Å². The second-order valence-electron chi connectivity index (χ2n) is 5.64. The van der Waals surface area contributed by atoms with E-state index in [4.69, 9.17) is 5.73 Å². The van der Waals surface area contributed by atoms with Gasteiger partial charge in [-0.3, -0.25) is 4.90 Å². The molecule has 0 amide bonds. The second-order valence-corrected chi connectivity index (χ2v) is 5.64. The van der Waals surface area contributed by atoms with Gasteiger partial charge in [-0.15, -0.1) is 0 Å². The molecule has 0 bridgehead atoms. The molecule has 1 saturated heterocycles. The van der Waals surface area contributed by atoms with E-state index in [2.05, 4.69) is 41.1 Å². The Hall–Kier alpha value is -0.900. The maximum Gasteiger partial charge on any atom is 0.0358 e. The Balaban J connectivity index is 1.83. The van der Waals surface area contributed by atoms with Crippen molar-refractivity contribution in [3.05, 3.63) is 35.4 Å². The standard InChI is InChI=1S/C15H23N3/c1-17-8-9-18(13(10-16)11-17)15-7-6-12-4-2-3-5-14(12)15/h2-5,13,15H,6-11,16H2,1H3. The number of likely N-dealkylation sites (N-methyl/N-ethyl adjacent to an activating group) is 1. The van der Waals surface area contributed by atoms with Crippen LogP contribution in [0.4, 0.5) is 0 Å². The third kappa shape index (κ3) is 2.07. The molecule has 0 saturated carbocycles. The van der Waals surface area contributed by atoms with Crippen molar-refractivity contribution in [2.75, 3.05) is 33.2 Å². The normalized spacial score (nSPS) is 29.4. The molecule has 1 aromatic carbocycles. The zero-order chi connectivity index (χ0) is 12.5. The molecule has 2 atom stereocenters. The minimum absolute atomic E-state index is 0.514. The highest BCUT2D eigenvalue weighted by Gasteiger charge is 2.34. The zero-order valence-corrected chi connectivity index (χ0v) is 11.2. The fourth-order valence-electron chi connectivity index (χ4n) is 3.52. The molecule has 1 fully saturated rings. The lowest BCUT2D eigenvalue weighted by Gasteiger charge is -2.43. The van der Waals surface area contributed by atoms with Crippen LogP contribution in [0.1, 0.15) is 23.6 Å². The highest BCUT2D eigenvalue weighted by Crippen LogP contribution is 2.37. The van der Waals surface area contributed by atoms with E-state index in [1.165, 1.54) is 18.4 Å². The lowest BCUT2D eigenvalue weighted by molar-refractivity contribution is 0.0560. The smallest absolute Gasteiger partial charge is 0.0358 e. The minimum Gasteiger partial charge on any atom is -0.329 e. The van der Waals surface area contributed by atoms with Gasteiger partial charge in [0, 0.05) is 38.3 Å². The number of rotatable bonds is 2. The molecule has 2 N–H and O–H groups in total. The molecule has 98 valence electrons. The molecule has 3 rings (SSSR count). The van der Waals surface area contributed by atoms with Gasteiger partial charge < -0.3 is 10.6 Å². The van der Waals surface area contributed by atoms with E-state index in [-0.39, 0.29) is 0 Å². The first-order valence-corrected chi connectivity index (χ1v) is 7.01. The average Bonchev–Trinajstić information content (AvgIpc) is 2.82. The van der Waals surface area contributed by atoms with Gasteiger partial charge in [0.15, 0.2) is 0 Å². The third-order valence-electron chi connectivity index (χ3n) is 4.50. The van der Waals surface area contributed by atoms with Crippen molar-refractivity contribution in [2.45, 2.75) is 24.9 Å². The third-order valence-corrected chi connectivity index (χ3v) is 4.50. The summed E-state index contributed by atoms with van der Waals surface area (Å²) in [5, 5.41) is 0. The Kier molecular flexibility index (Phi) is 3.37. The van der Waals surface area contributed by atoms with Crippen LogP contribution in [0.5, 0.6) is 0 Å². The van der Waals surface area contributed by atoms with E-state index in [0.717, 1.165) is 26.2 Å². The van der Waals surface area contributed by atoms with Gasteiger partial charge in [-0.2, -0.15) is 0 Å². The Bertz CT molecular complexity index is 418. The van der Waals surface area contributed by atoms with E-state index in [9.17, 15) is 0 Å². The lowest BCUT2D eigenvalue weighted by atomic mass is 10.0. The summed E-state index contributed by atoms with van der Waals surface area (Å²) in [6, 6.07) is 10.0. The van der Waals surface area contributed by atoms with E-state index >= 15 is 0 Å². The van der Waals surface area contributed by atoms with Crippen molar-refractivity contribution in [1.82, 2.24) is 9.80 Å². The lowest BCUT2D eigenvalue weighted by Crippen LogP contribution is -2.55. The van der Waals surface area contributed by atoms with Crippen molar-refractivity contribution < 1.29 is 0 Å². The number of fused-ring (bicyclic) bond motifs is 1. The van der Waals surface area contributed by atoms with E-state index in [1.807, 2.05) is 0 Å². The van der Waals surface area contributed by atoms with Gasteiger partial charge in [0.2, 0.25) is 0 Å². The Morgan fingerprint density at radius 2 is 2.11 bits per heavy atom. The summed E-state index contributed by atoms with van der Waals surface area (Å²) in [6.45, 7) is 4.19. The summed E-state index contributed by atoms with van der Waals surface area (Å²) in [6.07, 6.45) is 2.49. The molecule has 18 heavy (non-hydrogen) atoms. The Morgan fingerprint density at radius 1 is 1.28 bits per heavy atom. The van der Waals surface area contributed by atoms with Gasteiger partial charge in [-0.25, -0.2) is 0 Å². The SMILES string of the molecule is CN1CCN(C2CCc3ccccc32)C(CN)C1. The van der Waals surface area contributed by atoms with E-state index in [1.54, 1.807) is 5.56 Å². The number of hydrogen-bond acceptors (Lipinski definition) is 3. The summed E-state index contributed by atoms with van der Waals surface area (Å²) < 4.78 is 0. The van der Waals surface area contributed by atoms with Crippen LogP contribution in [0.2, 0.25) is 0 Å². The monoisotopic (exact) mass is 245 g/mol. The predicted molar refractivity (Wildman–Crippen MR) is 74.5 cm³/mol. The number of benzene rings is 1. The molecule has 2 unspecified atom stereocenters. The number of piperazine rings is 1. The summed E-state index contributed by atoms with van der Waals surface area (Å²) in [7, 11) is 2.20.